The minimum absolute atomic E-state index is 0.0230. The second-order valence-corrected chi connectivity index (χ2v) is 9.87. The first-order chi connectivity index (χ1) is 12.8. The monoisotopic (exact) mass is 376 g/mol. The van der Waals surface area contributed by atoms with Crippen LogP contribution >= 0.6 is 0 Å². The number of hydrogen-bond donors (Lipinski definition) is 3. The topological polar surface area (TPSA) is 95.5 Å². The van der Waals surface area contributed by atoms with Gasteiger partial charge in [-0.2, -0.15) is 0 Å². The van der Waals surface area contributed by atoms with Crippen molar-refractivity contribution in [3.63, 3.8) is 0 Å². The molecule has 0 aromatic carbocycles. The average Bonchev–Trinajstić information content (AvgIpc) is 2.97. The molecule has 0 aromatic rings. The van der Waals surface area contributed by atoms with Crippen LogP contribution in [0.15, 0.2) is 0 Å². The molecule has 1 saturated heterocycles. The molecule has 4 fully saturated rings. The third-order valence-electron chi connectivity index (χ3n) is 8.83. The molecular formula is C21H32N2O4. The summed E-state index contributed by atoms with van der Waals surface area (Å²) in [7, 11) is 0. The van der Waals surface area contributed by atoms with Gasteiger partial charge in [-0.05, 0) is 73.5 Å². The van der Waals surface area contributed by atoms with E-state index in [1.807, 2.05) is 0 Å². The molecule has 3 saturated carbocycles. The lowest BCUT2D eigenvalue weighted by Gasteiger charge is -2.60. The largest absolute Gasteiger partial charge is 0.480 e. The van der Waals surface area contributed by atoms with Crippen molar-refractivity contribution in [1.29, 1.82) is 0 Å². The highest BCUT2D eigenvalue weighted by Gasteiger charge is 2.61. The fraction of sp³-hybridized carbons (Fsp3) is 0.857. The number of carboxylic acids is 1. The Hall–Kier alpha value is -1.59. The number of carbonyl (C=O) groups is 3. The molecular weight excluding hydrogens is 344 g/mol. The molecule has 3 N–H and O–H groups in total. The summed E-state index contributed by atoms with van der Waals surface area (Å²) < 4.78 is 0. The quantitative estimate of drug-likeness (QED) is 0.704. The summed E-state index contributed by atoms with van der Waals surface area (Å²) in [4.78, 5) is 35.4. The predicted molar refractivity (Wildman–Crippen MR) is 99.7 cm³/mol. The maximum atomic E-state index is 12.7. The van der Waals surface area contributed by atoms with Crippen molar-refractivity contribution in [2.45, 2.75) is 71.3 Å². The molecule has 150 valence electrons. The molecule has 6 heteroatoms. The Kier molecular flexibility index (Phi) is 4.51. The van der Waals surface area contributed by atoms with Crippen molar-refractivity contribution in [2.75, 3.05) is 6.54 Å². The van der Waals surface area contributed by atoms with E-state index in [1.165, 1.54) is 0 Å². The highest BCUT2D eigenvalue weighted by atomic mass is 16.4. The van der Waals surface area contributed by atoms with E-state index in [4.69, 9.17) is 5.11 Å². The van der Waals surface area contributed by atoms with Crippen LogP contribution in [0.1, 0.15) is 65.2 Å². The zero-order valence-electron chi connectivity index (χ0n) is 16.4. The molecule has 27 heavy (non-hydrogen) atoms. The van der Waals surface area contributed by atoms with Gasteiger partial charge in [0, 0.05) is 18.4 Å². The van der Waals surface area contributed by atoms with E-state index in [0.29, 0.717) is 30.2 Å². The molecule has 0 unspecified atom stereocenters. The van der Waals surface area contributed by atoms with E-state index in [1.54, 1.807) is 0 Å². The number of carboxylic acid groups (broad SMARTS) is 1. The number of hydrogen-bond acceptors (Lipinski definition) is 3. The number of fused-ring (bicyclic) bond motifs is 5. The van der Waals surface area contributed by atoms with Gasteiger partial charge in [-0.1, -0.05) is 13.8 Å². The Morgan fingerprint density at radius 3 is 2.56 bits per heavy atom. The third-order valence-corrected chi connectivity index (χ3v) is 8.83. The summed E-state index contributed by atoms with van der Waals surface area (Å²) in [5.74, 6) is 0.843. The van der Waals surface area contributed by atoms with Crippen molar-refractivity contribution >= 4 is 17.8 Å². The lowest BCUT2D eigenvalue weighted by atomic mass is 9.47. The zero-order chi connectivity index (χ0) is 19.4. The van der Waals surface area contributed by atoms with Crippen LogP contribution in [0.3, 0.4) is 0 Å². The fourth-order valence-electron chi connectivity index (χ4n) is 7.42. The normalized spacial score (nSPS) is 45.9. The van der Waals surface area contributed by atoms with Gasteiger partial charge in [-0.25, -0.2) is 0 Å². The van der Waals surface area contributed by atoms with E-state index in [9.17, 15) is 14.4 Å². The van der Waals surface area contributed by atoms with E-state index in [-0.39, 0.29) is 35.1 Å². The summed E-state index contributed by atoms with van der Waals surface area (Å²) >= 11 is 0. The summed E-state index contributed by atoms with van der Waals surface area (Å²) in [6.45, 7) is 4.35. The lowest BCUT2D eigenvalue weighted by Crippen LogP contribution is -2.61. The molecule has 1 heterocycles. The first-order valence-corrected chi connectivity index (χ1v) is 10.5. The van der Waals surface area contributed by atoms with E-state index in [0.717, 1.165) is 44.9 Å². The minimum atomic E-state index is -0.989. The summed E-state index contributed by atoms with van der Waals surface area (Å²) in [5.41, 5.74) is 0.159. The van der Waals surface area contributed by atoms with Crippen LogP contribution in [0.2, 0.25) is 0 Å². The maximum absolute atomic E-state index is 12.7. The SMILES string of the molecule is C[C@]12CCC(=O)N[C@@H]1CC[C@@H]1[C@@H]2CC[C@]2(C)[C@@H](C(=O)NCC(=O)O)CC[C@@H]12. The van der Waals surface area contributed by atoms with Crippen LogP contribution in [-0.4, -0.2) is 35.5 Å². The Labute approximate surface area is 160 Å². The van der Waals surface area contributed by atoms with E-state index >= 15 is 0 Å². The van der Waals surface area contributed by atoms with Crippen molar-refractivity contribution in [2.24, 2.45) is 34.5 Å². The van der Waals surface area contributed by atoms with Crippen molar-refractivity contribution in [1.82, 2.24) is 10.6 Å². The molecule has 3 aliphatic carbocycles. The van der Waals surface area contributed by atoms with Gasteiger partial charge in [-0.3, -0.25) is 14.4 Å². The van der Waals surface area contributed by atoms with Gasteiger partial charge >= 0.3 is 5.97 Å². The van der Waals surface area contributed by atoms with Crippen molar-refractivity contribution in [3.05, 3.63) is 0 Å². The number of aliphatic carboxylic acids is 1. The molecule has 0 aromatic heterocycles. The Balaban J connectivity index is 1.53. The Morgan fingerprint density at radius 2 is 1.81 bits per heavy atom. The number of rotatable bonds is 3. The Bertz CT molecular complexity index is 665. The third kappa shape index (κ3) is 2.87. The molecule has 4 rings (SSSR count). The Morgan fingerprint density at radius 1 is 1.07 bits per heavy atom. The summed E-state index contributed by atoms with van der Waals surface area (Å²) in [5, 5.41) is 14.8. The lowest BCUT2D eigenvalue weighted by molar-refractivity contribution is -0.143. The average molecular weight is 376 g/mol. The zero-order valence-corrected chi connectivity index (χ0v) is 16.4. The second kappa shape index (κ2) is 6.49. The number of nitrogens with one attached hydrogen (secondary N) is 2. The number of carbonyl (C=O) groups excluding carboxylic acids is 2. The molecule has 4 aliphatic rings. The highest BCUT2D eigenvalue weighted by Crippen LogP contribution is 2.65. The van der Waals surface area contributed by atoms with Crippen LogP contribution in [0.5, 0.6) is 0 Å². The smallest absolute Gasteiger partial charge is 0.322 e. The highest BCUT2D eigenvalue weighted by molar-refractivity contribution is 5.83. The minimum Gasteiger partial charge on any atom is -0.480 e. The molecule has 2 amide bonds. The summed E-state index contributed by atoms with van der Waals surface area (Å²) in [6, 6.07) is 0.306. The molecule has 0 spiro atoms. The fourth-order valence-corrected chi connectivity index (χ4v) is 7.42. The predicted octanol–water partition coefficient (Wildman–Crippen LogP) is 2.32. The molecule has 1 aliphatic heterocycles. The van der Waals surface area contributed by atoms with Gasteiger partial charge in [0.1, 0.15) is 6.54 Å². The first kappa shape index (κ1) is 18.8. The molecule has 0 radical (unpaired) electrons. The van der Waals surface area contributed by atoms with Crippen LogP contribution in [-0.2, 0) is 14.4 Å². The van der Waals surface area contributed by atoms with Crippen LogP contribution in [0.25, 0.3) is 0 Å². The first-order valence-electron chi connectivity index (χ1n) is 10.5. The van der Waals surface area contributed by atoms with Crippen LogP contribution in [0.4, 0.5) is 0 Å². The maximum Gasteiger partial charge on any atom is 0.322 e. The molecule has 6 nitrogen and oxygen atoms in total. The van der Waals surface area contributed by atoms with Gasteiger partial charge in [-0.15, -0.1) is 0 Å². The second-order valence-electron chi connectivity index (χ2n) is 9.87. The van der Waals surface area contributed by atoms with Gasteiger partial charge in [0.25, 0.3) is 0 Å². The van der Waals surface area contributed by atoms with Crippen molar-refractivity contribution < 1.29 is 19.5 Å². The van der Waals surface area contributed by atoms with E-state index < -0.39 is 5.97 Å². The number of piperidine rings is 1. The van der Waals surface area contributed by atoms with Gasteiger partial charge in [0.05, 0.1) is 0 Å². The van der Waals surface area contributed by atoms with E-state index in [2.05, 4.69) is 24.5 Å². The van der Waals surface area contributed by atoms with Gasteiger partial charge in [0.2, 0.25) is 11.8 Å². The number of amides is 2. The van der Waals surface area contributed by atoms with Gasteiger partial charge < -0.3 is 15.7 Å². The summed E-state index contributed by atoms with van der Waals surface area (Å²) in [6.07, 6.45) is 7.88. The van der Waals surface area contributed by atoms with Gasteiger partial charge in [0.15, 0.2) is 0 Å². The molecule has 0 bridgehead atoms. The standard InChI is InChI=1S/C21H32N2O4/c1-20-9-7-14-12(3-6-16-21(14,2)10-8-17(24)23-16)13(20)4-5-15(20)19(27)22-11-18(25)26/h12-16H,3-11H2,1-2H3,(H,22,27)(H,23,24)(H,25,26)/t12-,13-,14-,15+,16+,20-,21+/m0/s1. The molecule has 7 atom stereocenters. The van der Waals surface area contributed by atoms with Crippen LogP contribution < -0.4 is 10.6 Å². The van der Waals surface area contributed by atoms with Crippen molar-refractivity contribution in [3.8, 4) is 0 Å². The van der Waals surface area contributed by atoms with Crippen LogP contribution in [0, 0.1) is 34.5 Å².